The molecule has 0 amide bonds. The van der Waals surface area contributed by atoms with E-state index in [2.05, 4.69) is 9.71 Å². The first-order valence-electron chi connectivity index (χ1n) is 7.85. The summed E-state index contributed by atoms with van der Waals surface area (Å²) >= 11 is 0. The Kier molecular flexibility index (Phi) is 5.63. The molecule has 7 nitrogen and oxygen atoms in total. The molecule has 2 aromatic carbocycles. The lowest BCUT2D eigenvalue weighted by Gasteiger charge is -2.06. The van der Waals surface area contributed by atoms with Crippen molar-refractivity contribution >= 4 is 16.0 Å². The molecule has 0 atom stereocenters. The maximum Gasteiger partial charge on any atom is 0.321 e. The zero-order chi connectivity index (χ0) is 19.3. The number of hydrogen-bond acceptors (Lipinski definition) is 6. The van der Waals surface area contributed by atoms with Gasteiger partial charge in [-0.3, -0.25) is 4.79 Å². The Morgan fingerprint density at radius 1 is 1.11 bits per heavy atom. The predicted octanol–water partition coefficient (Wildman–Crippen LogP) is 2.50. The Labute approximate surface area is 154 Å². The Bertz CT molecular complexity index is 1020. The van der Waals surface area contributed by atoms with Gasteiger partial charge in [-0.1, -0.05) is 30.3 Å². The highest BCUT2D eigenvalue weighted by molar-refractivity contribution is 7.89. The molecule has 1 heterocycles. The molecule has 0 bridgehead atoms. The van der Waals surface area contributed by atoms with E-state index in [-0.39, 0.29) is 17.4 Å². The molecule has 1 N–H and O–H groups in total. The summed E-state index contributed by atoms with van der Waals surface area (Å²) in [6.45, 7) is -0.810. The first-order valence-corrected chi connectivity index (χ1v) is 9.33. The van der Waals surface area contributed by atoms with E-state index in [0.29, 0.717) is 5.76 Å². The van der Waals surface area contributed by atoms with Gasteiger partial charge < -0.3 is 9.15 Å². The number of halogens is 1. The number of oxazole rings is 1. The van der Waals surface area contributed by atoms with Crippen LogP contribution in [0, 0.1) is 5.82 Å². The second-order valence-corrected chi connectivity index (χ2v) is 7.19. The quantitative estimate of drug-likeness (QED) is 0.623. The first kappa shape index (κ1) is 18.7. The number of carbonyl (C=O) groups excluding carboxylic acids is 1. The van der Waals surface area contributed by atoms with Gasteiger partial charge in [0, 0.05) is 5.56 Å². The number of ether oxygens (including phenoxy) is 1. The summed E-state index contributed by atoms with van der Waals surface area (Å²) in [5, 5.41) is 0. The Balaban J connectivity index is 1.51. The van der Waals surface area contributed by atoms with Crippen molar-refractivity contribution in [2.24, 2.45) is 0 Å². The lowest BCUT2D eigenvalue weighted by molar-refractivity contribution is -0.144. The number of nitrogens with one attached hydrogen (secondary N) is 1. The van der Waals surface area contributed by atoms with Crippen molar-refractivity contribution in [2.45, 2.75) is 11.5 Å². The minimum Gasteiger partial charge on any atom is -0.455 e. The SMILES string of the molecule is O=C(CNS(=O)(=O)c1ccc(F)cc1)OCc1ncc(-c2ccccc2)o1. The minimum absolute atomic E-state index is 0.156. The van der Waals surface area contributed by atoms with E-state index >= 15 is 0 Å². The monoisotopic (exact) mass is 390 g/mol. The van der Waals surface area contributed by atoms with Crippen molar-refractivity contribution in [3.63, 3.8) is 0 Å². The average molecular weight is 390 g/mol. The summed E-state index contributed by atoms with van der Waals surface area (Å²) in [6, 6.07) is 13.5. The van der Waals surface area contributed by atoms with Crippen LogP contribution in [0.25, 0.3) is 11.3 Å². The van der Waals surface area contributed by atoms with Crippen molar-refractivity contribution in [1.29, 1.82) is 0 Å². The van der Waals surface area contributed by atoms with Gasteiger partial charge in [0.1, 0.15) is 12.4 Å². The third-order valence-corrected chi connectivity index (χ3v) is 4.92. The van der Waals surface area contributed by atoms with Gasteiger partial charge >= 0.3 is 5.97 Å². The van der Waals surface area contributed by atoms with Gasteiger partial charge in [0.05, 0.1) is 11.1 Å². The van der Waals surface area contributed by atoms with Crippen LogP contribution in [0.15, 0.2) is 70.1 Å². The summed E-state index contributed by atoms with van der Waals surface area (Å²) in [5.41, 5.74) is 0.828. The van der Waals surface area contributed by atoms with Gasteiger partial charge in [-0.15, -0.1) is 0 Å². The fourth-order valence-electron chi connectivity index (χ4n) is 2.16. The molecule has 9 heteroatoms. The maximum atomic E-state index is 12.9. The fraction of sp³-hybridized carbons (Fsp3) is 0.111. The molecular weight excluding hydrogens is 375 g/mol. The number of rotatable bonds is 7. The van der Waals surface area contributed by atoms with Gasteiger partial charge in [-0.2, -0.15) is 4.72 Å². The van der Waals surface area contributed by atoms with Crippen LogP contribution in [0.2, 0.25) is 0 Å². The maximum absolute atomic E-state index is 12.9. The molecule has 0 unspecified atom stereocenters. The second kappa shape index (κ2) is 8.11. The van der Waals surface area contributed by atoms with E-state index in [1.165, 1.54) is 6.20 Å². The molecule has 0 radical (unpaired) electrons. The number of hydrogen-bond donors (Lipinski definition) is 1. The van der Waals surface area contributed by atoms with Gasteiger partial charge in [0.25, 0.3) is 0 Å². The zero-order valence-corrected chi connectivity index (χ0v) is 14.8. The van der Waals surface area contributed by atoms with Crippen molar-refractivity contribution in [1.82, 2.24) is 9.71 Å². The third-order valence-electron chi connectivity index (χ3n) is 3.50. The van der Waals surface area contributed by atoms with E-state index in [4.69, 9.17) is 9.15 Å². The van der Waals surface area contributed by atoms with Crippen LogP contribution in [0.5, 0.6) is 0 Å². The molecule has 0 saturated carbocycles. The van der Waals surface area contributed by atoms with Crippen molar-refractivity contribution in [2.75, 3.05) is 6.54 Å². The first-order chi connectivity index (χ1) is 12.9. The Morgan fingerprint density at radius 2 is 1.81 bits per heavy atom. The number of benzene rings is 2. The van der Waals surface area contributed by atoms with Gasteiger partial charge in [0.2, 0.25) is 15.9 Å². The number of aromatic nitrogens is 1. The topological polar surface area (TPSA) is 98.5 Å². The summed E-state index contributed by atoms with van der Waals surface area (Å²) < 4.78 is 49.4. The predicted molar refractivity (Wildman–Crippen MR) is 93.3 cm³/mol. The van der Waals surface area contributed by atoms with E-state index in [1.54, 1.807) is 0 Å². The van der Waals surface area contributed by atoms with Crippen LogP contribution in [-0.4, -0.2) is 25.9 Å². The molecule has 3 rings (SSSR count). The smallest absolute Gasteiger partial charge is 0.321 e. The highest BCUT2D eigenvalue weighted by atomic mass is 32.2. The molecule has 3 aromatic rings. The molecule has 0 aliphatic carbocycles. The molecule has 0 spiro atoms. The van der Waals surface area contributed by atoms with Crippen LogP contribution in [0.1, 0.15) is 5.89 Å². The van der Waals surface area contributed by atoms with Crippen LogP contribution >= 0.6 is 0 Å². The van der Waals surface area contributed by atoms with E-state index in [0.717, 1.165) is 29.8 Å². The largest absolute Gasteiger partial charge is 0.455 e. The summed E-state index contributed by atoms with van der Waals surface area (Å²) in [5.74, 6) is -0.656. The van der Waals surface area contributed by atoms with E-state index in [1.807, 2.05) is 30.3 Å². The van der Waals surface area contributed by atoms with Gasteiger partial charge in [-0.05, 0) is 24.3 Å². The fourth-order valence-corrected chi connectivity index (χ4v) is 3.13. The second-order valence-electron chi connectivity index (χ2n) is 5.42. The lowest BCUT2D eigenvalue weighted by Crippen LogP contribution is -2.30. The lowest BCUT2D eigenvalue weighted by atomic mass is 10.2. The standard InChI is InChI=1S/C18H15FN2O5S/c19-14-6-8-15(9-7-14)27(23,24)21-11-18(22)25-12-17-20-10-16(26-17)13-4-2-1-3-5-13/h1-10,21H,11-12H2. The summed E-state index contributed by atoms with van der Waals surface area (Å²) in [7, 11) is -3.94. The van der Waals surface area contributed by atoms with Crippen molar-refractivity contribution in [3.8, 4) is 11.3 Å². The van der Waals surface area contributed by atoms with E-state index in [9.17, 15) is 17.6 Å². The van der Waals surface area contributed by atoms with Crippen LogP contribution < -0.4 is 4.72 Å². The van der Waals surface area contributed by atoms with Crippen molar-refractivity contribution in [3.05, 3.63) is 72.5 Å². The van der Waals surface area contributed by atoms with Crippen molar-refractivity contribution < 1.29 is 26.8 Å². The van der Waals surface area contributed by atoms with Gasteiger partial charge in [-0.25, -0.2) is 17.8 Å². The number of carbonyl (C=O) groups is 1. The molecule has 0 saturated heterocycles. The molecule has 27 heavy (non-hydrogen) atoms. The third kappa shape index (κ3) is 4.99. The van der Waals surface area contributed by atoms with Crippen LogP contribution in [-0.2, 0) is 26.2 Å². The number of esters is 1. The van der Waals surface area contributed by atoms with Crippen LogP contribution in [0.4, 0.5) is 4.39 Å². The molecule has 140 valence electrons. The molecule has 0 aliphatic rings. The normalized spacial score (nSPS) is 11.3. The zero-order valence-electron chi connectivity index (χ0n) is 14.0. The van der Waals surface area contributed by atoms with E-state index < -0.39 is 28.4 Å². The average Bonchev–Trinajstić information content (AvgIpc) is 3.15. The Hall–Kier alpha value is -3.04. The molecule has 1 aromatic heterocycles. The summed E-state index contributed by atoms with van der Waals surface area (Å²) in [4.78, 5) is 15.6. The minimum atomic E-state index is -3.94. The number of nitrogens with zero attached hydrogens (tertiary/aromatic N) is 1. The number of sulfonamides is 1. The highest BCUT2D eigenvalue weighted by Gasteiger charge is 2.16. The van der Waals surface area contributed by atoms with Gasteiger partial charge in [0.15, 0.2) is 12.4 Å². The van der Waals surface area contributed by atoms with Crippen LogP contribution in [0.3, 0.4) is 0 Å². The Morgan fingerprint density at radius 3 is 2.52 bits per heavy atom. The highest BCUT2D eigenvalue weighted by Crippen LogP contribution is 2.20. The summed E-state index contributed by atoms with van der Waals surface area (Å²) in [6.07, 6.45) is 1.51. The molecular formula is C18H15FN2O5S. The molecule has 0 aliphatic heterocycles. The molecule has 0 fully saturated rings.